The highest BCUT2D eigenvalue weighted by molar-refractivity contribution is 6.39. The Labute approximate surface area is 207 Å². The highest BCUT2D eigenvalue weighted by atomic mass is 16.5. The zero-order valence-electron chi connectivity index (χ0n) is 19.4. The lowest BCUT2D eigenvalue weighted by atomic mass is 10.1. The molecular formula is C28H22N4O4. The first-order valence-corrected chi connectivity index (χ1v) is 11.0. The van der Waals surface area contributed by atoms with E-state index in [1.807, 2.05) is 30.3 Å². The third-order valence-electron chi connectivity index (χ3n) is 5.31. The van der Waals surface area contributed by atoms with Crippen molar-refractivity contribution in [1.82, 2.24) is 5.43 Å². The topological polar surface area (TPSA) is 113 Å². The summed E-state index contributed by atoms with van der Waals surface area (Å²) >= 11 is 0. The molecule has 0 heterocycles. The first-order valence-electron chi connectivity index (χ1n) is 11.0. The number of benzene rings is 4. The Balaban J connectivity index is 1.35. The van der Waals surface area contributed by atoms with Crippen LogP contribution in [0.15, 0.2) is 90.0 Å². The molecule has 0 aliphatic rings. The standard InChI is InChI=1S/C28H22N4O4/c1-35-26-15-20(17-30-32-28(34)27(33)31-23-12-9-19(16-29)10-13-23)11-14-25(26)36-18-22-7-4-6-21-5-2-3-8-24(21)22/h2-15,17H,18H2,1H3,(H,31,33)(H,32,34)/b30-17+. The molecule has 0 aromatic heterocycles. The summed E-state index contributed by atoms with van der Waals surface area (Å²) in [5.41, 5.74) is 4.72. The summed E-state index contributed by atoms with van der Waals surface area (Å²) in [6.07, 6.45) is 1.39. The average Bonchev–Trinajstić information content (AvgIpc) is 2.92. The van der Waals surface area contributed by atoms with Crippen LogP contribution in [0.4, 0.5) is 5.69 Å². The fourth-order valence-corrected chi connectivity index (χ4v) is 3.49. The van der Waals surface area contributed by atoms with E-state index >= 15 is 0 Å². The van der Waals surface area contributed by atoms with Crippen LogP contribution >= 0.6 is 0 Å². The Morgan fingerprint density at radius 3 is 2.50 bits per heavy atom. The molecule has 36 heavy (non-hydrogen) atoms. The summed E-state index contributed by atoms with van der Waals surface area (Å²) in [6.45, 7) is 0.371. The van der Waals surface area contributed by atoms with Gasteiger partial charge in [-0.2, -0.15) is 10.4 Å². The van der Waals surface area contributed by atoms with E-state index in [-0.39, 0.29) is 0 Å². The van der Waals surface area contributed by atoms with Gasteiger partial charge < -0.3 is 14.8 Å². The molecule has 4 aromatic rings. The Morgan fingerprint density at radius 1 is 0.944 bits per heavy atom. The number of nitrogens with one attached hydrogen (secondary N) is 2. The molecule has 8 heteroatoms. The Morgan fingerprint density at radius 2 is 1.72 bits per heavy atom. The normalized spacial score (nSPS) is 10.6. The summed E-state index contributed by atoms with van der Waals surface area (Å²) in [5, 5.41) is 17.4. The molecule has 0 aliphatic carbocycles. The molecule has 178 valence electrons. The van der Waals surface area contributed by atoms with Gasteiger partial charge in [-0.25, -0.2) is 5.43 Å². The van der Waals surface area contributed by atoms with Crippen molar-refractivity contribution in [2.45, 2.75) is 6.61 Å². The van der Waals surface area contributed by atoms with Crippen molar-refractivity contribution < 1.29 is 19.1 Å². The smallest absolute Gasteiger partial charge is 0.329 e. The average molecular weight is 479 g/mol. The van der Waals surface area contributed by atoms with Crippen molar-refractivity contribution in [2.24, 2.45) is 5.10 Å². The number of fused-ring (bicyclic) bond motifs is 1. The Hall–Kier alpha value is -5.16. The van der Waals surface area contributed by atoms with Crippen LogP contribution in [-0.2, 0) is 16.2 Å². The quantitative estimate of drug-likeness (QED) is 0.232. The number of ether oxygens (including phenoxy) is 2. The summed E-state index contributed by atoms with van der Waals surface area (Å²) in [5.74, 6) is -0.748. The van der Waals surface area contributed by atoms with Crippen LogP contribution in [0.5, 0.6) is 11.5 Å². The second-order valence-corrected chi connectivity index (χ2v) is 7.68. The number of hydrogen-bond acceptors (Lipinski definition) is 6. The number of methoxy groups -OCH3 is 1. The van der Waals surface area contributed by atoms with Crippen molar-refractivity contribution in [3.63, 3.8) is 0 Å². The predicted molar refractivity (Wildman–Crippen MR) is 137 cm³/mol. The molecule has 0 saturated carbocycles. The number of anilines is 1. The molecule has 0 unspecified atom stereocenters. The van der Waals surface area contributed by atoms with Gasteiger partial charge in [0.25, 0.3) is 0 Å². The second kappa shape index (κ2) is 11.3. The lowest BCUT2D eigenvalue weighted by molar-refractivity contribution is -0.136. The molecule has 0 radical (unpaired) electrons. The highest BCUT2D eigenvalue weighted by Gasteiger charge is 2.13. The number of carbonyl (C=O) groups excluding carboxylic acids is 2. The van der Waals surface area contributed by atoms with E-state index < -0.39 is 11.8 Å². The lowest BCUT2D eigenvalue weighted by Crippen LogP contribution is -2.32. The summed E-state index contributed by atoms with van der Waals surface area (Å²) < 4.78 is 11.5. The van der Waals surface area contributed by atoms with E-state index in [1.54, 1.807) is 18.2 Å². The molecule has 4 aromatic carbocycles. The molecule has 2 amide bonds. The molecule has 0 atom stereocenters. The zero-order valence-corrected chi connectivity index (χ0v) is 19.4. The monoisotopic (exact) mass is 478 g/mol. The van der Waals surface area contributed by atoms with E-state index in [0.29, 0.717) is 34.9 Å². The van der Waals surface area contributed by atoms with Crippen molar-refractivity contribution in [2.75, 3.05) is 12.4 Å². The van der Waals surface area contributed by atoms with Crippen molar-refractivity contribution in [3.05, 3.63) is 102 Å². The Bertz CT molecular complexity index is 1470. The van der Waals surface area contributed by atoms with E-state index in [9.17, 15) is 9.59 Å². The molecule has 0 fully saturated rings. The van der Waals surface area contributed by atoms with Gasteiger partial charge in [0.1, 0.15) is 6.61 Å². The first-order chi connectivity index (χ1) is 17.6. The van der Waals surface area contributed by atoms with Gasteiger partial charge in [-0.1, -0.05) is 42.5 Å². The van der Waals surface area contributed by atoms with E-state index in [2.05, 4.69) is 34.0 Å². The molecule has 0 aliphatic heterocycles. The third kappa shape index (κ3) is 5.85. The number of carbonyl (C=O) groups is 2. The predicted octanol–water partition coefficient (Wildman–Crippen LogP) is 4.39. The minimum absolute atomic E-state index is 0.371. The largest absolute Gasteiger partial charge is 0.493 e. The zero-order chi connectivity index (χ0) is 25.3. The van der Waals surface area contributed by atoms with E-state index in [1.165, 1.54) is 37.6 Å². The molecule has 4 rings (SSSR count). The Kier molecular flexibility index (Phi) is 7.54. The van der Waals surface area contributed by atoms with Crippen molar-refractivity contribution in [1.29, 1.82) is 5.26 Å². The molecule has 0 spiro atoms. The van der Waals surface area contributed by atoms with Gasteiger partial charge in [0.15, 0.2) is 11.5 Å². The number of nitriles is 1. The molecular weight excluding hydrogens is 456 g/mol. The van der Waals surface area contributed by atoms with Crippen LogP contribution in [0.1, 0.15) is 16.7 Å². The van der Waals surface area contributed by atoms with E-state index in [4.69, 9.17) is 14.7 Å². The van der Waals surface area contributed by atoms with Gasteiger partial charge in [-0.3, -0.25) is 9.59 Å². The third-order valence-corrected chi connectivity index (χ3v) is 5.31. The minimum atomic E-state index is -0.933. The van der Waals surface area contributed by atoms with Gasteiger partial charge in [-0.15, -0.1) is 0 Å². The van der Waals surface area contributed by atoms with Gasteiger partial charge in [0, 0.05) is 5.69 Å². The summed E-state index contributed by atoms with van der Waals surface area (Å²) in [4.78, 5) is 24.0. The van der Waals surface area contributed by atoms with Crippen LogP contribution in [0, 0.1) is 11.3 Å². The van der Waals surface area contributed by atoms with Crippen LogP contribution in [0.3, 0.4) is 0 Å². The van der Waals surface area contributed by atoms with Crippen LogP contribution < -0.4 is 20.2 Å². The molecule has 8 nitrogen and oxygen atoms in total. The maximum Gasteiger partial charge on any atom is 0.329 e. The highest BCUT2D eigenvalue weighted by Crippen LogP contribution is 2.29. The SMILES string of the molecule is COc1cc(/C=N/NC(=O)C(=O)Nc2ccc(C#N)cc2)ccc1OCc1cccc2ccccc12. The number of rotatable bonds is 7. The summed E-state index contributed by atoms with van der Waals surface area (Å²) in [7, 11) is 1.54. The van der Waals surface area contributed by atoms with Crippen LogP contribution in [0.25, 0.3) is 10.8 Å². The number of hydrazone groups is 1. The fourth-order valence-electron chi connectivity index (χ4n) is 3.49. The maximum absolute atomic E-state index is 12.0. The van der Waals surface area contributed by atoms with Gasteiger partial charge >= 0.3 is 11.8 Å². The summed E-state index contributed by atoms with van der Waals surface area (Å²) in [6, 6.07) is 27.5. The first kappa shape index (κ1) is 24.0. The number of amides is 2. The van der Waals surface area contributed by atoms with Crippen LogP contribution in [-0.4, -0.2) is 25.1 Å². The lowest BCUT2D eigenvalue weighted by Gasteiger charge is -2.12. The second-order valence-electron chi connectivity index (χ2n) is 7.68. The maximum atomic E-state index is 12.0. The van der Waals surface area contributed by atoms with E-state index in [0.717, 1.165) is 16.3 Å². The van der Waals surface area contributed by atoms with Gasteiger partial charge in [0.05, 0.1) is 25.0 Å². The molecule has 0 saturated heterocycles. The van der Waals surface area contributed by atoms with Gasteiger partial charge in [0.2, 0.25) is 0 Å². The van der Waals surface area contributed by atoms with Crippen LogP contribution in [0.2, 0.25) is 0 Å². The molecule has 2 N–H and O–H groups in total. The molecule has 0 bridgehead atoms. The van der Waals surface area contributed by atoms with Gasteiger partial charge in [-0.05, 0) is 64.4 Å². The van der Waals surface area contributed by atoms with Crippen molar-refractivity contribution in [3.8, 4) is 17.6 Å². The number of nitrogens with zero attached hydrogens (tertiary/aromatic N) is 2. The number of hydrogen-bond donors (Lipinski definition) is 2. The fraction of sp³-hybridized carbons (Fsp3) is 0.0714. The minimum Gasteiger partial charge on any atom is -0.493 e. The van der Waals surface area contributed by atoms with Crippen molar-refractivity contribution >= 4 is 34.5 Å².